The summed E-state index contributed by atoms with van der Waals surface area (Å²) in [5.74, 6) is -1.07. The number of aryl methyl sites for hydroxylation is 1. The van der Waals surface area contributed by atoms with E-state index >= 15 is 0 Å². The maximum Gasteiger partial charge on any atom is 0.490 e. The summed E-state index contributed by atoms with van der Waals surface area (Å²) in [6, 6.07) is 0. The third kappa shape index (κ3) is 4.22. The van der Waals surface area contributed by atoms with E-state index in [4.69, 9.17) is 0 Å². The van der Waals surface area contributed by atoms with E-state index in [-0.39, 0.29) is 30.2 Å². The lowest BCUT2D eigenvalue weighted by Crippen LogP contribution is -2.26. The van der Waals surface area contributed by atoms with Crippen molar-refractivity contribution in [3.8, 4) is 0 Å². The fraction of sp³-hybridized carbons (Fsp3) is 0.417. The van der Waals surface area contributed by atoms with Gasteiger partial charge in [-0.05, 0) is 25.7 Å². The van der Waals surface area contributed by atoms with Crippen molar-refractivity contribution >= 4 is 23.3 Å². The molecule has 0 saturated heterocycles. The Labute approximate surface area is 145 Å². The maximum absolute atomic E-state index is 11.9. The van der Waals surface area contributed by atoms with Crippen molar-refractivity contribution in [3.05, 3.63) is 37.9 Å². The third-order valence-corrected chi connectivity index (χ3v) is 3.27. The molecule has 0 fully saturated rings. The Morgan fingerprint density at radius 3 is 2.46 bits per heavy atom. The third-order valence-electron chi connectivity index (χ3n) is 3.27. The van der Waals surface area contributed by atoms with Gasteiger partial charge in [0, 0.05) is 5.10 Å². The highest BCUT2D eigenvalue weighted by Crippen LogP contribution is 2.21. The molecule has 0 radical (unpaired) electrons. The quantitative estimate of drug-likeness (QED) is 0.408. The number of hydrogen-bond donors (Lipinski definition) is 1. The van der Waals surface area contributed by atoms with E-state index in [1.807, 2.05) is 0 Å². The van der Waals surface area contributed by atoms with Crippen LogP contribution in [0.3, 0.4) is 0 Å². The van der Waals surface area contributed by atoms with Gasteiger partial charge in [0.1, 0.15) is 17.9 Å². The minimum atomic E-state index is -0.724. The molecule has 0 aliphatic heterocycles. The second-order valence-corrected chi connectivity index (χ2v) is 5.32. The molecule has 0 aliphatic rings. The van der Waals surface area contributed by atoms with Crippen LogP contribution in [0.1, 0.15) is 18.3 Å². The van der Waals surface area contributed by atoms with Gasteiger partial charge in [-0.3, -0.25) is 19.6 Å². The van der Waals surface area contributed by atoms with Crippen molar-refractivity contribution in [3.63, 3.8) is 0 Å². The van der Waals surface area contributed by atoms with E-state index in [0.29, 0.717) is 5.71 Å². The molecule has 14 nitrogen and oxygen atoms in total. The van der Waals surface area contributed by atoms with Gasteiger partial charge in [-0.1, -0.05) is 4.98 Å². The largest absolute Gasteiger partial charge is 0.490 e. The number of nitrogens with zero attached hydrogens (tertiary/aromatic N) is 8. The monoisotopic (exact) mass is 365 g/mol. The van der Waals surface area contributed by atoms with Gasteiger partial charge in [-0.15, -0.1) is 0 Å². The van der Waals surface area contributed by atoms with Crippen molar-refractivity contribution in [2.75, 3.05) is 0 Å². The van der Waals surface area contributed by atoms with Crippen LogP contribution in [-0.4, -0.2) is 46.0 Å². The van der Waals surface area contributed by atoms with Crippen LogP contribution in [0.5, 0.6) is 0 Å². The molecule has 0 atom stereocenters. The SMILES string of the molecule is C/C(Cn1cnc([N+](=O)[O-])n1)=N/NC(=O)Cn1nc(C)c([N+](=O)[O-])c1C. The highest BCUT2D eigenvalue weighted by Gasteiger charge is 2.22. The molecule has 2 heterocycles. The number of nitrogens with one attached hydrogen (secondary N) is 1. The highest BCUT2D eigenvalue weighted by atomic mass is 16.6. The van der Waals surface area contributed by atoms with Gasteiger partial charge < -0.3 is 10.1 Å². The molecule has 2 aromatic heterocycles. The molecule has 1 amide bonds. The molecule has 14 heteroatoms. The number of hydrazone groups is 1. The number of hydrogen-bond acceptors (Lipinski definition) is 9. The zero-order valence-corrected chi connectivity index (χ0v) is 14.1. The summed E-state index contributed by atoms with van der Waals surface area (Å²) in [4.78, 5) is 35.6. The van der Waals surface area contributed by atoms with Crippen LogP contribution in [-0.2, 0) is 17.9 Å². The second-order valence-electron chi connectivity index (χ2n) is 5.32. The summed E-state index contributed by atoms with van der Waals surface area (Å²) >= 11 is 0. The van der Waals surface area contributed by atoms with E-state index in [9.17, 15) is 25.0 Å². The van der Waals surface area contributed by atoms with Crippen LogP contribution in [0.15, 0.2) is 11.4 Å². The van der Waals surface area contributed by atoms with Gasteiger partial charge in [0.25, 0.3) is 5.91 Å². The molecule has 0 saturated carbocycles. The van der Waals surface area contributed by atoms with Crippen LogP contribution in [0, 0.1) is 34.1 Å². The minimum absolute atomic E-state index is 0.0898. The Balaban J connectivity index is 1.97. The first-order valence-electron chi connectivity index (χ1n) is 7.23. The number of amides is 1. The average Bonchev–Trinajstić information content (AvgIpc) is 3.10. The summed E-state index contributed by atoms with van der Waals surface area (Å²) in [6.45, 7) is 4.41. The zero-order chi connectivity index (χ0) is 19.4. The Morgan fingerprint density at radius 2 is 1.92 bits per heavy atom. The first kappa shape index (κ1) is 18.6. The van der Waals surface area contributed by atoms with Gasteiger partial charge in [-0.25, -0.2) is 5.43 Å². The van der Waals surface area contributed by atoms with E-state index in [0.717, 1.165) is 0 Å². The predicted octanol–water partition coefficient (Wildman–Crippen LogP) is 0.100. The summed E-state index contributed by atoms with van der Waals surface area (Å²) in [7, 11) is 0. The lowest BCUT2D eigenvalue weighted by atomic mass is 10.3. The van der Waals surface area contributed by atoms with Gasteiger partial charge in [0.2, 0.25) is 6.33 Å². The Hall–Kier alpha value is -3.71. The van der Waals surface area contributed by atoms with Crippen LogP contribution in [0.25, 0.3) is 0 Å². The van der Waals surface area contributed by atoms with Crippen LogP contribution >= 0.6 is 0 Å². The molecular formula is C12H15N9O5. The standard InChI is InChI=1S/C12H15N9O5/c1-7(4-18-6-13-12(17-18)21(25)26)14-15-10(22)5-19-9(3)11(20(23)24)8(2)16-19/h6H,4-5H2,1-3H3,(H,15,22)/b14-7-. The normalized spacial score (nSPS) is 11.4. The van der Waals surface area contributed by atoms with Crippen LogP contribution in [0.2, 0.25) is 0 Å². The molecule has 2 aromatic rings. The fourth-order valence-corrected chi connectivity index (χ4v) is 2.15. The molecule has 1 N–H and O–H groups in total. The Kier molecular flexibility index (Phi) is 5.34. The molecule has 0 aromatic carbocycles. The number of aromatic nitrogens is 5. The molecule has 0 bridgehead atoms. The van der Waals surface area contributed by atoms with E-state index in [2.05, 4.69) is 25.7 Å². The molecular weight excluding hydrogens is 350 g/mol. The van der Waals surface area contributed by atoms with Crippen molar-refractivity contribution in [2.45, 2.75) is 33.9 Å². The lowest BCUT2D eigenvalue weighted by Gasteiger charge is -2.03. The Morgan fingerprint density at radius 1 is 1.23 bits per heavy atom. The predicted molar refractivity (Wildman–Crippen MR) is 86.3 cm³/mol. The molecule has 0 unspecified atom stereocenters. The summed E-state index contributed by atoms with van der Waals surface area (Å²) in [6.07, 6.45) is 1.17. The first-order chi connectivity index (χ1) is 12.2. The minimum Gasteiger partial charge on any atom is -0.390 e. The van der Waals surface area contributed by atoms with Gasteiger partial charge in [-0.2, -0.15) is 14.9 Å². The number of carbonyl (C=O) groups excluding carboxylic acids is 1. The summed E-state index contributed by atoms with van der Waals surface area (Å²) < 4.78 is 2.42. The smallest absolute Gasteiger partial charge is 0.390 e. The molecule has 26 heavy (non-hydrogen) atoms. The number of rotatable bonds is 7. The number of carbonyl (C=O) groups is 1. The summed E-state index contributed by atoms with van der Waals surface area (Å²) in [5, 5.41) is 32.9. The second kappa shape index (κ2) is 7.45. The van der Waals surface area contributed by atoms with Crippen LogP contribution in [0.4, 0.5) is 11.6 Å². The van der Waals surface area contributed by atoms with Gasteiger partial charge in [0.05, 0.1) is 17.2 Å². The molecule has 2 rings (SSSR count). The van der Waals surface area contributed by atoms with Crippen molar-refractivity contribution in [2.24, 2.45) is 5.10 Å². The van der Waals surface area contributed by atoms with E-state index in [1.54, 1.807) is 6.92 Å². The van der Waals surface area contributed by atoms with Gasteiger partial charge >= 0.3 is 11.6 Å². The average molecular weight is 365 g/mol. The van der Waals surface area contributed by atoms with Crippen molar-refractivity contribution in [1.82, 2.24) is 30.0 Å². The first-order valence-corrected chi connectivity index (χ1v) is 7.23. The topological polar surface area (TPSA) is 176 Å². The highest BCUT2D eigenvalue weighted by molar-refractivity contribution is 5.84. The Bertz CT molecular complexity index is 897. The fourth-order valence-electron chi connectivity index (χ4n) is 2.15. The molecule has 0 aliphatic carbocycles. The number of nitro groups is 2. The summed E-state index contributed by atoms with van der Waals surface area (Å²) in [5.41, 5.74) is 3.05. The zero-order valence-electron chi connectivity index (χ0n) is 14.1. The van der Waals surface area contributed by atoms with Crippen molar-refractivity contribution in [1.29, 1.82) is 0 Å². The van der Waals surface area contributed by atoms with Crippen molar-refractivity contribution < 1.29 is 14.6 Å². The molecule has 0 spiro atoms. The maximum atomic E-state index is 11.9. The van der Waals surface area contributed by atoms with E-state index in [1.165, 1.54) is 29.5 Å². The van der Waals surface area contributed by atoms with Crippen LogP contribution < -0.4 is 5.43 Å². The molecule has 138 valence electrons. The lowest BCUT2D eigenvalue weighted by molar-refractivity contribution is -0.394. The van der Waals surface area contributed by atoms with Gasteiger partial charge in [0.15, 0.2) is 0 Å². The van der Waals surface area contributed by atoms with E-state index < -0.39 is 21.7 Å².